The lowest BCUT2D eigenvalue weighted by Gasteiger charge is -2.10. The molecule has 2 aromatic carbocycles. The number of anilines is 2. The van der Waals surface area contributed by atoms with Crippen LogP contribution >= 0.6 is 15.9 Å². The molecule has 0 spiro atoms. The van der Waals surface area contributed by atoms with Crippen LogP contribution in [0.15, 0.2) is 40.0 Å². The number of nitrogens with two attached hydrogens (primary N) is 1. The number of nitrogens with one attached hydrogen (secondary N) is 2. The van der Waals surface area contributed by atoms with E-state index in [1.807, 2.05) is 0 Å². The first-order valence-electron chi connectivity index (χ1n) is 6.37. The van der Waals surface area contributed by atoms with Gasteiger partial charge in [-0.15, -0.1) is 0 Å². The summed E-state index contributed by atoms with van der Waals surface area (Å²) in [6, 6.07) is 6.51. The van der Waals surface area contributed by atoms with E-state index in [4.69, 9.17) is 5.73 Å². The lowest BCUT2D eigenvalue weighted by molar-refractivity contribution is 0.319. The fourth-order valence-corrected chi connectivity index (χ4v) is 2.52. The van der Waals surface area contributed by atoms with E-state index in [1.54, 1.807) is 0 Å². The molecule has 0 aliphatic rings. The van der Waals surface area contributed by atoms with Gasteiger partial charge in [0, 0.05) is 17.3 Å². The Hall–Kier alpha value is -2.68. The smallest absolute Gasteiger partial charge is 0.198 e. The van der Waals surface area contributed by atoms with Crippen molar-refractivity contribution in [2.24, 2.45) is 5.16 Å². The molecule has 0 aliphatic carbocycles. The van der Waals surface area contributed by atoms with Crippen molar-refractivity contribution in [3.05, 3.63) is 52.0 Å². The van der Waals surface area contributed by atoms with E-state index in [1.165, 1.54) is 30.3 Å². The van der Waals surface area contributed by atoms with Crippen molar-refractivity contribution >= 4 is 44.4 Å². The predicted octanol–water partition coefficient (Wildman–Crippen LogP) is 3.43. The van der Waals surface area contributed by atoms with Crippen molar-refractivity contribution in [3.8, 4) is 0 Å². The first-order valence-corrected chi connectivity index (χ1v) is 7.16. The molecule has 0 radical (unpaired) electrons. The zero-order valence-corrected chi connectivity index (χ0v) is 13.0. The largest absolute Gasteiger partial charge is 0.409 e. The van der Waals surface area contributed by atoms with Gasteiger partial charge < -0.3 is 21.2 Å². The highest BCUT2D eigenvalue weighted by molar-refractivity contribution is 9.10. The minimum atomic E-state index is -0.567. The highest BCUT2D eigenvalue weighted by Crippen LogP contribution is 2.23. The number of benzene rings is 2. The summed E-state index contributed by atoms with van der Waals surface area (Å²) in [4.78, 5) is 6.72. The number of hydrogen-bond acceptors (Lipinski definition) is 4. The third kappa shape index (κ3) is 2.95. The average molecular weight is 382 g/mol. The van der Waals surface area contributed by atoms with Crippen LogP contribution in [0.4, 0.5) is 20.4 Å². The molecule has 0 unspecified atom stereocenters. The number of aromatic amines is 1. The highest BCUT2D eigenvalue weighted by atomic mass is 79.9. The van der Waals surface area contributed by atoms with Gasteiger partial charge in [-0.2, -0.15) is 0 Å². The van der Waals surface area contributed by atoms with Crippen LogP contribution < -0.4 is 11.1 Å². The van der Waals surface area contributed by atoms with Crippen LogP contribution in [-0.2, 0) is 0 Å². The molecule has 0 bridgehead atoms. The summed E-state index contributed by atoms with van der Waals surface area (Å²) in [5.41, 5.74) is 6.95. The highest BCUT2D eigenvalue weighted by Gasteiger charge is 2.15. The van der Waals surface area contributed by atoms with Crippen LogP contribution in [0.2, 0.25) is 0 Å². The van der Waals surface area contributed by atoms with Crippen LogP contribution in [0.5, 0.6) is 0 Å². The van der Waals surface area contributed by atoms with E-state index in [0.717, 1.165) is 0 Å². The minimum absolute atomic E-state index is 0.0448. The van der Waals surface area contributed by atoms with Gasteiger partial charge >= 0.3 is 0 Å². The second-order valence-electron chi connectivity index (χ2n) is 4.67. The van der Waals surface area contributed by atoms with Crippen LogP contribution in [0, 0.1) is 11.6 Å². The Balaban J connectivity index is 2.06. The molecular weight excluding hydrogens is 372 g/mol. The molecule has 0 aliphatic heterocycles. The summed E-state index contributed by atoms with van der Waals surface area (Å²) in [5.74, 6) is -0.944. The Morgan fingerprint density at radius 2 is 2.09 bits per heavy atom. The molecule has 0 saturated heterocycles. The Morgan fingerprint density at radius 1 is 1.30 bits per heavy atom. The van der Waals surface area contributed by atoms with Crippen LogP contribution in [-0.4, -0.2) is 21.0 Å². The number of halogens is 3. The second kappa shape index (κ2) is 5.84. The monoisotopic (exact) mass is 381 g/mol. The first-order chi connectivity index (χ1) is 11.0. The van der Waals surface area contributed by atoms with Gasteiger partial charge in [0.25, 0.3) is 0 Å². The molecule has 0 saturated carbocycles. The number of nitrogen functional groups attached to an aromatic ring is 1. The van der Waals surface area contributed by atoms with Crippen molar-refractivity contribution in [1.82, 2.24) is 9.97 Å². The second-order valence-corrected chi connectivity index (χ2v) is 5.53. The number of nitrogens with zero attached hydrogens (tertiary/aromatic N) is 2. The third-order valence-corrected chi connectivity index (χ3v) is 3.72. The van der Waals surface area contributed by atoms with Gasteiger partial charge in [-0.3, -0.25) is 0 Å². The number of amidine groups is 1. The van der Waals surface area contributed by atoms with Gasteiger partial charge in [-0.25, -0.2) is 13.8 Å². The van der Waals surface area contributed by atoms with Gasteiger partial charge in [-0.1, -0.05) is 5.16 Å². The van der Waals surface area contributed by atoms with Crippen LogP contribution in [0.3, 0.4) is 0 Å². The molecule has 6 nitrogen and oxygen atoms in total. The van der Waals surface area contributed by atoms with E-state index in [-0.39, 0.29) is 21.8 Å². The number of hydrogen-bond donors (Lipinski definition) is 4. The molecular formula is C14H10BrF2N5O. The quantitative estimate of drug-likeness (QED) is 0.236. The molecule has 0 amide bonds. The van der Waals surface area contributed by atoms with E-state index in [0.29, 0.717) is 16.7 Å². The molecule has 0 atom stereocenters. The van der Waals surface area contributed by atoms with Gasteiger partial charge in [0.1, 0.15) is 11.6 Å². The van der Waals surface area contributed by atoms with Gasteiger partial charge in [0.15, 0.2) is 11.8 Å². The maximum atomic E-state index is 13.7. The zero-order valence-electron chi connectivity index (χ0n) is 11.4. The summed E-state index contributed by atoms with van der Waals surface area (Å²) < 4.78 is 27.2. The predicted molar refractivity (Wildman–Crippen MR) is 86.5 cm³/mol. The minimum Gasteiger partial charge on any atom is -0.409 e. The maximum Gasteiger partial charge on any atom is 0.198 e. The van der Waals surface area contributed by atoms with Crippen molar-refractivity contribution in [2.45, 2.75) is 0 Å². The number of H-pyrrole nitrogens is 1. The van der Waals surface area contributed by atoms with Gasteiger partial charge in [-0.05, 0) is 40.2 Å². The molecule has 5 N–H and O–H groups in total. The number of aromatic nitrogens is 2. The molecule has 118 valence electrons. The van der Waals surface area contributed by atoms with E-state index in [2.05, 4.69) is 36.4 Å². The maximum absolute atomic E-state index is 13.7. The van der Waals surface area contributed by atoms with Crippen molar-refractivity contribution < 1.29 is 14.0 Å². The van der Waals surface area contributed by atoms with E-state index in [9.17, 15) is 14.0 Å². The molecule has 0 fully saturated rings. The van der Waals surface area contributed by atoms with Crippen molar-refractivity contribution in [1.29, 1.82) is 0 Å². The molecule has 9 heteroatoms. The van der Waals surface area contributed by atoms with Gasteiger partial charge in [0.2, 0.25) is 0 Å². The molecule has 3 rings (SSSR count). The molecule has 1 aromatic heterocycles. The lowest BCUT2D eigenvalue weighted by atomic mass is 10.1. The Morgan fingerprint density at radius 3 is 2.78 bits per heavy atom. The molecule has 1 heterocycles. The van der Waals surface area contributed by atoms with E-state index < -0.39 is 11.6 Å². The Bertz CT molecular complexity index is 925. The lowest BCUT2D eigenvalue weighted by Crippen LogP contribution is -2.14. The number of oxime groups is 1. The van der Waals surface area contributed by atoms with Crippen LogP contribution in [0.25, 0.3) is 11.0 Å². The molecule has 23 heavy (non-hydrogen) atoms. The summed E-state index contributed by atoms with van der Waals surface area (Å²) in [6.07, 6.45) is 0. The number of imidazole rings is 1. The van der Waals surface area contributed by atoms with Gasteiger partial charge in [0.05, 0.1) is 15.5 Å². The molecule has 3 aromatic rings. The third-order valence-electron chi connectivity index (χ3n) is 3.11. The number of rotatable bonds is 2. The zero-order chi connectivity index (χ0) is 16.6. The standard InChI is InChI=1S/C14H10BrF2N5O/c15-9-5-7(1-2-10(9)17)19-13(22-23)8-3-6(16)4-11-12(8)21-14(18)20-11/h1-5,23H,(H,19,22)(H3,18,20,21). The fourth-order valence-electron chi connectivity index (χ4n) is 2.14. The average Bonchev–Trinajstić information content (AvgIpc) is 2.87. The van der Waals surface area contributed by atoms with Crippen molar-refractivity contribution in [2.75, 3.05) is 11.1 Å². The summed E-state index contributed by atoms with van der Waals surface area (Å²) in [6.45, 7) is 0. The van der Waals surface area contributed by atoms with Crippen LogP contribution in [0.1, 0.15) is 5.56 Å². The Kier molecular flexibility index (Phi) is 3.87. The first kappa shape index (κ1) is 15.2. The van der Waals surface area contributed by atoms with E-state index >= 15 is 0 Å². The number of fused-ring (bicyclic) bond motifs is 1. The summed E-state index contributed by atoms with van der Waals surface area (Å²) in [5, 5.41) is 15.2. The van der Waals surface area contributed by atoms with Crippen molar-refractivity contribution in [3.63, 3.8) is 0 Å². The normalized spacial score (nSPS) is 11.9. The SMILES string of the molecule is Nc1nc2cc(F)cc(/C(=N/O)Nc3ccc(F)c(Br)c3)c2[nH]1. The topological polar surface area (TPSA) is 99.3 Å². The Labute approximate surface area is 137 Å². The summed E-state index contributed by atoms with van der Waals surface area (Å²) >= 11 is 3.06. The fraction of sp³-hybridized carbons (Fsp3) is 0. The summed E-state index contributed by atoms with van der Waals surface area (Å²) in [7, 11) is 0.